The fraction of sp³-hybridized carbons (Fsp3) is 0.619. The molecule has 1 saturated heterocycles. The third kappa shape index (κ3) is 7.16. The number of hydrogen-bond acceptors (Lipinski definition) is 7. The monoisotopic (exact) mass is 712 g/mol. The van der Waals surface area contributed by atoms with E-state index in [9.17, 15) is 9.59 Å². The lowest BCUT2D eigenvalue weighted by Gasteiger charge is -2.55. The van der Waals surface area contributed by atoms with Crippen molar-refractivity contribution in [1.82, 2.24) is 14.9 Å². The predicted octanol–water partition coefficient (Wildman–Crippen LogP) is 9.62. The van der Waals surface area contributed by atoms with Crippen LogP contribution in [-0.2, 0) is 20.4 Å². The largest absolute Gasteiger partial charge is 0.496 e. The third-order valence-electron chi connectivity index (χ3n) is 12.8. The van der Waals surface area contributed by atoms with E-state index in [1.807, 2.05) is 28.3 Å². The Morgan fingerprint density at radius 3 is 2.29 bits per heavy atom. The molecule has 0 unspecified atom stereocenters. The first-order valence-electron chi connectivity index (χ1n) is 19.3. The highest BCUT2D eigenvalue weighted by Gasteiger charge is 2.51. The molecule has 51 heavy (non-hydrogen) atoms. The van der Waals surface area contributed by atoms with Crippen LogP contribution in [0.15, 0.2) is 42.7 Å². The Morgan fingerprint density at radius 1 is 0.980 bits per heavy atom. The van der Waals surface area contributed by atoms with Crippen LogP contribution in [0.1, 0.15) is 121 Å². The summed E-state index contributed by atoms with van der Waals surface area (Å²) in [5.74, 6) is 1.74. The smallest absolute Gasteiger partial charge is 0.410 e. The van der Waals surface area contributed by atoms with Crippen LogP contribution in [0.3, 0.4) is 0 Å². The Morgan fingerprint density at radius 2 is 1.71 bits per heavy atom. The average molecular weight is 713 g/mol. The summed E-state index contributed by atoms with van der Waals surface area (Å²) in [6, 6.07) is 11.2. The van der Waals surface area contributed by atoms with Crippen molar-refractivity contribution in [2.45, 2.75) is 135 Å². The lowest BCUT2D eigenvalue weighted by atomic mass is 9.51. The zero-order valence-electron chi connectivity index (χ0n) is 31.5. The third-order valence-corrected chi connectivity index (χ3v) is 14.2. The number of aryl methyl sites for hydroxylation is 1. The number of benzene rings is 1. The number of ether oxygens (including phenoxy) is 2. The molecule has 8 nitrogen and oxygen atoms in total. The number of methoxy groups -OCH3 is 1. The van der Waals surface area contributed by atoms with Gasteiger partial charge in [-0.25, -0.2) is 14.8 Å². The van der Waals surface area contributed by atoms with Crippen LogP contribution in [0.5, 0.6) is 5.75 Å². The molecule has 5 fully saturated rings. The molecule has 3 aromatic rings. The number of carbonyl (C=O) groups excluding carboxylic acids is 2. The van der Waals surface area contributed by atoms with E-state index in [4.69, 9.17) is 19.4 Å². The van der Waals surface area contributed by atoms with Crippen molar-refractivity contribution in [2.75, 3.05) is 25.1 Å². The number of anilines is 1. The van der Waals surface area contributed by atoms with E-state index in [-0.39, 0.29) is 40.3 Å². The van der Waals surface area contributed by atoms with Crippen molar-refractivity contribution < 1.29 is 19.1 Å². The average Bonchev–Trinajstić information content (AvgIpc) is 3.63. The molecule has 0 N–H and O–H groups in total. The summed E-state index contributed by atoms with van der Waals surface area (Å²) >= 11 is 1.72. The molecule has 0 radical (unpaired) electrons. The minimum absolute atomic E-state index is 0.0260. The van der Waals surface area contributed by atoms with Crippen molar-refractivity contribution in [2.24, 2.45) is 11.3 Å². The van der Waals surface area contributed by atoms with Gasteiger partial charge in [0.1, 0.15) is 17.7 Å². The summed E-state index contributed by atoms with van der Waals surface area (Å²) in [4.78, 5) is 42.2. The predicted molar refractivity (Wildman–Crippen MR) is 204 cm³/mol. The molecule has 2 amide bonds. The van der Waals surface area contributed by atoms with E-state index in [2.05, 4.69) is 58.9 Å². The van der Waals surface area contributed by atoms with Crippen LogP contribution >= 0.6 is 11.3 Å². The molecule has 274 valence electrons. The highest BCUT2D eigenvalue weighted by atomic mass is 32.1. The fourth-order valence-electron chi connectivity index (χ4n) is 9.19. The van der Waals surface area contributed by atoms with Crippen molar-refractivity contribution in [3.8, 4) is 16.2 Å². The molecule has 9 heteroatoms. The molecule has 5 aliphatic rings. The molecule has 1 atom stereocenters. The maximum Gasteiger partial charge on any atom is 0.410 e. The van der Waals surface area contributed by atoms with Gasteiger partial charge in [-0.15, -0.1) is 11.3 Å². The number of thiazole rings is 1. The maximum absolute atomic E-state index is 14.7. The second-order valence-electron chi connectivity index (χ2n) is 17.0. The molecule has 4 saturated carbocycles. The lowest BCUT2D eigenvalue weighted by molar-refractivity contribution is -0.124. The summed E-state index contributed by atoms with van der Waals surface area (Å²) in [6.07, 6.45) is 15.1. The number of fused-ring (bicyclic) bond motifs is 3. The van der Waals surface area contributed by atoms with Gasteiger partial charge in [0.15, 0.2) is 0 Å². The van der Waals surface area contributed by atoms with Crippen molar-refractivity contribution in [3.05, 3.63) is 58.9 Å². The van der Waals surface area contributed by atoms with Gasteiger partial charge < -0.3 is 14.4 Å². The van der Waals surface area contributed by atoms with E-state index in [0.717, 1.165) is 111 Å². The Hall–Kier alpha value is -3.46. The number of carbonyl (C=O) groups is 2. The molecule has 4 aliphatic carbocycles. The Bertz CT molecular complexity index is 1710. The second-order valence-corrected chi connectivity index (χ2v) is 18.0. The molecular weight excluding hydrogens is 657 g/mol. The number of hydrogen-bond donors (Lipinski definition) is 0. The van der Waals surface area contributed by atoms with E-state index < -0.39 is 0 Å². The number of amides is 2. The van der Waals surface area contributed by atoms with E-state index >= 15 is 0 Å². The quantitative estimate of drug-likeness (QED) is 0.220. The van der Waals surface area contributed by atoms with Crippen LogP contribution in [0.25, 0.3) is 10.4 Å². The zero-order chi connectivity index (χ0) is 36.0. The SMILES string of the molecule is CC[C@@H]1CCN1C(=O)OC1CCC(C(=O)N(CC23CCC(c4ccc(OC)c(C)c4)(CC2)CC3)c2cc(-c3cnc(C(C)(C)C)s3)ccn2)CC1. The van der Waals surface area contributed by atoms with Gasteiger partial charge in [0.25, 0.3) is 0 Å². The number of rotatable bonds is 9. The van der Waals surface area contributed by atoms with Gasteiger partial charge in [0.2, 0.25) is 5.91 Å². The summed E-state index contributed by atoms with van der Waals surface area (Å²) in [5, 5.41) is 1.10. The van der Waals surface area contributed by atoms with Crippen molar-refractivity contribution >= 4 is 29.2 Å². The molecule has 1 aliphatic heterocycles. The number of pyridine rings is 1. The van der Waals surface area contributed by atoms with E-state index in [0.29, 0.717) is 12.6 Å². The second kappa shape index (κ2) is 14.2. The number of nitrogens with zero attached hydrogens (tertiary/aromatic N) is 4. The van der Waals surface area contributed by atoms with Crippen LogP contribution < -0.4 is 9.64 Å². The van der Waals surface area contributed by atoms with Crippen LogP contribution in [-0.4, -0.2) is 59.2 Å². The summed E-state index contributed by atoms with van der Waals surface area (Å²) in [7, 11) is 1.74. The van der Waals surface area contributed by atoms with E-state index in [1.165, 1.54) is 11.1 Å². The molecule has 3 heterocycles. The Balaban J connectivity index is 1.10. The van der Waals surface area contributed by atoms with Gasteiger partial charge in [0, 0.05) is 42.9 Å². The Labute approximate surface area is 308 Å². The maximum atomic E-state index is 14.7. The first kappa shape index (κ1) is 35.9. The number of likely N-dealkylation sites (tertiary alicyclic amines) is 1. The highest BCUT2D eigenvalue weighted by molar-refractivity contribution is 7.15. The van der Waals surface area contributed by atoms with Gasteiger partial charge in [-0.2, -0.15) is 0 Å². The van der Waals surface area contributed by atoms with Gasteiger partial charge in [0.05, 0.1) is 17.0 Å². The fourth-order valence-corrected chi connectivity index (χ4v) is 10.2. The normalized spacial score (nSPS) is 27.5. The zero-order valence-corrected chi connectivity index (χ0v) is 32.3. The molecule has 2 aromatic heterocycles. The first-order chi connectivity index (χ1) is 24.4. The summed E-state index contributed by atoms with van der Waals surface area (Å²) in [6.45, 7) is 12.3. The molecule has 1 aromatic carbocycles. The summed E-state index contributed by atoms with van der Waals surface area (Å²) in [5.41, 5.74) is 3.93. The minimum Gasteiger partial charge on any atom is -0.496 e. The van der Waals surface area contributed by atoms with Gasteiger partial charge in [-0.1, -0.05) is 39.8 Å². The van der Waals surface area contributed by atoms with Gasteiger partial charge >= 0.3 is 6.09 Å². The van der Waals surface area contributed by atoms with Gasteiger partial charge in [-0.3, -0.25) is 9.69 Å². The molecule has 8 rings (SSSR count). The molecule has 0 spiro atoms. The Kier molecular flexibility index (Phi) is 9.98. The van der Waals surface area contributed by atoms with Crippen LogP contribution in [0.2, 0.25) is 0 Å². The molecule has 2 bridgehead atoms. The summed E-state index contributed by atoms with van der Waals surface area (Å²) < 4.78 is 11.5. The highest BCUT2D eigenvalue weighted by Crippen LogP contribution is 2.58. The standard InChI is InChI=1S/C42H56N4O4S/c1-7-32-15-23-45(32)39(48)50-33-11-8-29(9-12-33)37(47)46(36-25-30(14-22-43-36)35-26-44-38(51-35)40(3,4)5)27-41-16-19-42(20-17-41,21-18-41)31-10-13-34(49-6)28(2)24-31/h10,13-14,22,24-26,29,32-33H,7-9,11-12,15-21,23,27H2,1-6H3/t29?,32-,33?,41?,42?/m1/s1. The number of aromatic nitrogens is 2. The first-order valence-corrected chi connectivity index (χ1v) is 20.1. The topological polar surface area (TPSA) is 84.9 Å². The van der Waals surface area contributed by atoms with Crippen molar-refractivity contribution in [3.63, 3.8) is 0 Å². The van der Waals surface area contributed by atoms with Gasteiger partial charge in [-0.05, 0) is 130 Å². The van der Waals surface area contributed by atoms with Crippen LogP contribution in [0, 0.1) is 18.3 Å². The minimum atomic E-state index is -0.183. The van der Waals surface area contributed by atoms with E-state index in [1.54, 1.807) is 18.4 Å². The molecular formula is C42H56N4O4S. The lowest BCUT2D eigenvalue weighted by Crippen LogP contribution is -2.52. The van der Waals surface area contributed by atoms with Crippen molar-refractivity contribution in [1.29, 1.82) is 0 Å². The van der Waals surface area contributed by atoms with Crippen LogP contribution in [0.4, 0.5) is 10.6 Å².